The molecule has 58 heavy (non-hydrogen) atoms. The van der Waals surface area contributed by atoms with E-state index in [1.807, 2.05) is 41.5 Å². The van der Waals surface area contributed by atoms with Crippen LogP contribution in [0.25, 0.3) is 0 Å². The Morgan fingerprint density at radius 2 is 0.603 bits per heavy atom. The molecule has 0 aromatic carbocycles. The van der Waals surface area contributed by atoms with Gasteiger partial charge in [0.15, 0.2) is 0 Å². The molecule has 0 aliphatic heterocycles. The lowest BCUT2D eigenvalue weighted by molar-refractivity contribution is -0.139. The van der Waals surface area contributed by atoms with Gasteiger partial charge < -0.3 is 62.7 Å². The summed E-state index contributed by atoms with van der Waals surface area (Å²) in [6.07, 6.45) is 6.40. The van der Waals surface area contributed by atoms with Crippen LogP contribution >= 0.6 is 0 Å². The number of hydrogen-bond acceptors (Lipinski definition) is 16. The molecule has 0 radical (unpaired) electrons. The molecule has 0 saturated carbocycles. The molecule has 0 heterocycles. The van der Waals surface area contributed by atoms with Gasteiger partial charge in [0.05, 0.1) is 22.8 Å². The first-order chi connectivity index (χ1) is 25.1. The number of rotatable bonds is 26. The van der Waals surface area contributed by atoms with Crippen LogP contribution < -0.4 is 22.9 Å². The van der Waals surface area contributed by atoms with Crippen molar-refractivity contribution < 1.29 is 59.0 Å². The molecule has 0 aromatic heterocycles. The van der Waals surface area contributed by atoms with Crippen molar-refractivity contribution in [2.45, 2.75) is 173 Å². The van der Waals surface area contributed by atoms with Crippen LogP contribution in [0.3, 0.4) is 0 Å². The predicted octanol–water partition coefficient (Wildman–Crippen LogP) is 5.69. The lowest BCUT2D eigenvalue weighted by atomic mass is 10.1. The van der Waals surface area contributed by atoms with E-state index in [1.54, 1.807) is 13.8 Å². The highest BCUT2D eigenvalue weighted by Crippen LogP contribution is 2.03. The maximum Gasteiger partial charge on any atom is 0.320 e. The first kappa shape index (κ1) is 71.3. The molecule has 0 aliphatic carbocycles. The fourth-order valence-corrected chi connectivity index (χ4v) is 2.98. The fourth-order valence-electron chi connectivity index (χ4n) is 2.98. The quantitative estimate of drug-likeness (QED) is 0.0294. The molecule has 0 amide bonds. The number of carboxylic acid groups (broad SMARTS) is 4. The molecule has 0 aromatic rings. The Morgan fingerprint density at radius 1 is 0.379 bits per heavy atom. The van der Waals surface area contributed by atoms with Crippen LogP contribution in [0.5, 0.6) is 0 Å². The van der Waals surface area contributed by atoms with E-state index in [9.17, 15) is 19.2 Å². The highest BCUT2D eigenvalue weighted by Gasteiger charge is 2.12. The maximum absolute atomic E-state index is 10.4. The number of aliphatic carboxylic acids is 4. The van der Waals surface area contributed by atoms with E-state index in [1.165, 1.54) is 0 Å². The van der Waals surface area contributed by atoms with Crippen molar-refractivity contribution in [3.05, 3.63) is 0 Å². The molecule has 4 unspecified atom stereocenters. The predicted molar refractivity (Wildman–Crippen MR) is 234 cm³/mol. The minimum Gasteiger partial charge on any atom is -0.480 e. The Labute approximate surface area is 348 Å². The number of nitrogens with two attached hydrogens (primary N) is 4. The number of oxime groups is 4. The Bertz CT molecular complexity index is 1120. The number of unbranched alkanes of at least 4 members (excludes halogenated alkanes) is 3. The third kappa shape index (κ3) is 63.5. The van der Waals surface area contributed by atoms with Gasteiger partial charge in [-0.05, 0) is 107 Å². The lowest BCUT2D eigenvalue weighted by Gasteiger charge is -2.05. The van der Waals surface area contributed by atoms with Crippen LogP contribution in [-0.4, -0.2) is 118 Å². The van der Waals surface area contributed by atoms with Crippen LogP contribution in [0.1, 0.15) is 149 Å². The third-order valence-corrected chi connectivity index (χ3v) is 5.78. The zero-order valence-corrected chi connectivity index (χ0v) is 33.4. The van der Waals surface area contributed by atoms with Crippen LogP contribution in [-0.2, 0) is 38.5 Å². The van der Waals surface area contributed by atoms with Gasteiger partial charge in [0.1, 0.15) is 50.6 Å². The van der Waals surface area contributed by atoms with Gasteiger partial charge in [-0.25, -0.2) is 0 Å². The maximum atomic E-state index is 10.4. The van der Waals surface area contributed by atoms with Crippen molar-refractivity contribution in [3.8, 4) is 0 Å². The van der Waals surface area contributed by atoms with E-state index >= 15 is 0 Å². The van der Waals surface area contributed by atoms with Gasteiger partial charge in [-0.3, -0.25) is 19.2 Å². The van der Waals surface area contributed by atoms with Gasteiger partial charge in [-0.15, -0.1) is 0 Å². The Balaban J connectivity index is -0.0000000939. The molecule has 0 spiro atoms. The Morgan fingerprint density at radius 3 is 0.897 bits per heavy atom. The van der Waals surface area contributed by atoms with E-state index in [2.05, 4.69) is 20.6 Å². The molecular weight excluding hydrogens is 760 g/mol. The van der Waals surface area contributed by atoms with E-state index in [-0.39, 0.29) is 42.7 Å². The molecule has 0 bridgehead atoms. The monoisotopic (exact) mass is 845 g/mol. The second kappa shape index (κ2) is 48.7. The number of nitrogens with zero attached hydrogens (tertiary/aromatic N) is 4. The summed E-state index contributed by atoms with van der Waals surface area (Å²) < 4.78 is 0. The average molecular weight is 845 g/mol. The van der Waals surface area contributed by atoms with Crippen molar-refractivity contribution >= 4 is 46.7 Å². The normalized spacial score (nSPS) is 11.1. The highest BCUT2D eigenvalue weighted by atomic mass is 16.6. The highest BCUT2D eigenvalue weighted by molar-refractivity contribution is 5.79. The molecule has 0 rings (SSSR count). The molecule has 12 N–H and O–H groups in total. The summed E-state index contributed by atoms with van der Waals surface area (Å²) >= 11 is 0. The molecule has 0 aliphatic rings. The van der Waals surface area contributed by atoms with Crippen LogP contribution in [0.15, 0.2) is 20.6 Å². The second-order valence-corrected chi connectivity index (χ2v) is 12.5. The SMILES string of the molecule is C.C.C.C.CC(C)=NOCCC(N)C(=O)O.CC(C)=NOCCCC(N)C(=O)O.CC(C)=NOCCCCC(N)C(=O)O.CC(C)=NOCCCCCC(N)C(=O)O. The topological polar surface area (TPSA) is 340 Å². The minimum atomic E-state index is -1.02. The van der Waals surface area contributed by atoms with E-state index < -0.39 is 48.0 Å². The van der Waals surface area contributed by atoms with Crippen molar-refractivity contribution in [3.63, 3.8) is 0 Å². The van der Waals surface area contributed by atoms with Crippen molar-refractivity contribution in [1.29, 1.82) is 0 Å². The van der Waals surface area contributed by atoms with Crippen LogP contribution in [0.2, 0.25) is 0 Å². The molecule has 4 atom stereocenters. The second-order valence-electron chi connectivity index (χ2n) is 12.5. The van der Waals surface area contributed by atoms with Gasteiger partial charge in [-0.2, -0.15) is 0 Å². The van der Waals surface area contributed by atoms with E-state index in [0.29, 0.717) is 45.5 Å². The molecule has 20 heteroatoms. The molecular formula is C38H84N8O12. The summed E-state index contributed by atoms with van der Waals surface area (Å²) in [5.41, 5.74) is 24.5. The fraction of sp³-hybridized carbons (Fsp3) is 0.789. The Kier molecular flexibility index (Phi) is 59.9. The number of carbonyl (C=O) groups is 4. The summed E-state index contributed by atoms with van der Waals surface area (Å²) in [4.78, 5) is 60.7. The first-order valence-corrected chi connectivity index (χ1v) is 17.6. The molecule has 0 saturated heterocycles. The summed E-state index contributed by atoms with van der Waals surface area (Å²) in [6.45, 7) is 16.4. The minimum absolute atomic E-state index is 0. The zero-order chi connectivity index (χ0) is 42.5. The van der Waals surface area contributed by atoms with Crippen LogP contribution in [0.4, 0.5) is 0 Å². The first-order valence-electron chi connectivity index (χ1n) is 17.6. The molecule has 348 valence electrons. The number of carboxylic acids is 4. The van der Waals surface area contributed by atoms with E-state index in [4.69, 9.17) is 62.7 Å². The Hall–Kier alpha value is -4.40. The summed E-state index contributed by atoms with van der Waals surface area (Å²) in [6, 6.07) is -3.15. The van der Waals surface area contributed by atoms with Crippen molar-refractivity contribution in [2.24, 2.45) is 43.6 Å². The third-order valence-electron chi connectivity index (χ3n) is 5.78. The van der Waals surface area contributed by atoms with Gasteiger partial charge in [-0.1, -0.05) is 56.8 Å². The van der Waals surface area contributed by atoms with Gasteiger partial charge >= 0.3 is 23.9 Å². The lowest BCUT2D eigenvalue weighted by Crippen LogP contribution is -2.31. The molecule has 0 fully saturated rings. The molecule has 20 nitrogen and oxygen atoms in total. The zero-order valence-electron chi connectivity index (χ0n) is 33.4. The van der Waals surface area contributed by atoms with Gasteiger partial charge in [0, 0.05) is 6.42 Å². The summed E-state index contributed by atoms with van der Waals surface area (Å²) in [5.74, 6) is -3.88. The van der Waals surface area contributed by atoms with Crippen LogP contribution in [0, 0.1) is 0 Å². The standard InChI is InChI=1S/C10H20N2O3.C9H18N2O3.C8H16N2O3.C7H14N2O3.4CH4/c1-8(2)12-15-7-5-3-4-6-9(11)10(13)14;1-7(2)11-14-6-4-3-5-8(10)9(12)13;1-6(2)10-13-5-3-4-7(9)8(11)12;1-5(2)9-12-4-3-6(8)7(10)11;;;;/h9H,3-7,11H2,1-2H3,(H,13,14);8H,3-6,10H2,1-2H3,(H,12,13);7H,3-5,9H2,1-2H3,(H,11,12);6H,3-4,8H2,1-2H3,(H,10,11);4*1H4. The smallest absolute Gasteiger partial charge is 0.320 e. The van der Waals surface area contributed by atoms with Crippen molar-refractivity contribution in [1.82, 2.24) is 0 Å². The summed E-state index contributed by atoms with van der Waals surface area (Å²) in [7, 11) is 0. The van der Waals surface area contributed by atoms with E-state index in [0.717, 1.165) is 55.0 Å². The van der Waals surface area contributed by atoms with Gasteiger partial charge in [0.25, 0.3) is 0 Å². The number of hydrogen-bond donors (Lipinski definition) is 8. The van der Waals surface area contributed by atoms with Crippen molar-refractivity contribution in [2.75, 3.05) is 26.4 Å². The summed E-state index contributed by atoms with van der Waals surface area (Å²) in [5, 5.41) is 48.7. The average Bonchev–Trinajstić information content (AvgIpc) is 3.07. The largest absolute Gasteiger partial charge is 0.480 e. The van der Waals surface area contributed by atoms with Gasteiger partial charge in [0.2, 0.25) is 0 Å².